The molecule has 0 aromatic carbocycles. The molecule has 0 heterocycles. The monoisotopic (exact) mass is 538 g/mol. The maximum atomic E-state index is 12.3. The van der Waals surface area contributed by atoms with E-state index in [1.807, 2.05) is 0 Å². The highest BCUT2D eigenvalue weighted by molar-refractivity contribution is 5.88. The lowest BCUT2D eigenvalue weighted by Gasteiger charge is -2.31. The van der Waals surface area contributed by atoms with Gasteiger partial charge in [0, 0.05) is 32.4 Å². The molecule has 0 aliphatic carbocycles. The SMILES string of the molecule is C=CC(=O)CCCC[N+](C)(C)CCCCC[N+](C)(C)CCCNC(=O)CC[N+](C)(C)CCCNC(=O)C=C. The minimum atomic E-state index is -0.141. The average molecular weight is 539 g/mol. The van der Waals surface area contributed by atoms with Gasteiger partial charge in [-0.15, -0.1) is 0 Å². The predicted octanol–water partition coefficient (Wildman–Crippen LogP) is 2.90. The van der Waals surface area contributed by atoms with E-state index in [9.17, 15) is 14.4 Å². The maximum absolute atomic E-state index is 12.3. The summed E-state index contributed by atoms with van der Waals surface area (Å²) in [7, 11) is 13.4. The second kappa shape index (κ2) is 19.1. The summed E-state index contributed by atoms with van der Waals surface area (Å²) in [6.07, 6.45) is 11.4. The summed E-state index contributed by atoms with van der Waals surface area (Å²) < 4.78 is 2.76. The van der Waals surface area contributed by atoms with Gasteiger partial charge < -0.3 is 24.1 Å². The number of allylic oxidation sites excluding steroid dienone is 1. The Labute approximate surface area is 233 Å². The highest BCUT2D eigenvalue weighted by Gasteiger charge is 2.18. The molecule has 8 heteroatoms. The van der Waals surface area contributed by atoms with Crippen LogP contribution in [0.15, 0.2) is 25.3 Å². The van der Waals surface area contributed by atoms with Gasteiger partial charge in [-0.25, -0.2) is 0 Å². The van der Waals surface area contributed by atoms with Crippen molar-refractivity contribution in [1.29, 1.82) is 0 Å². The van der Waals surface area contributed by atoms with E-state index in [2.05, 4.69) is 66.1 Å². The van der Waals surface area contributed by atoms with E-state index in [0.29, 0.717) is 19.4 Å². The summed E-state index contributed by atoms with van der Waals surface area (Å²) in [4.78, 5) is 34.9. The van der Waals surface area contributed by atoms with Gasteiger partial charge in [-0.3, -0.25) is 14.4 Å². The molecule has 0 saturated carbocycles. The molecule has 0 unspecified atom stereocenters. The molecule has 0 bridgehead atoms. The lowest BCUT2D eigenvalue weighted by molar-refractivity contribution is -0.892. The first-order valence-corrected chi connectivity index (χ1v) is 14.5. The van der Waals surface area contributed by atoms with Crippen molar-refractivity contribution in [2.45, 2.75) is 57.8 Å². The highest BCUT2D eigenvalue weighted by Crippen LogP contribution is 2.10. The fraction of sp³-hybridized carbons (Fsp3) is 0.767. The average Bonchev–Trinajstić information content (AvgIpc) is 2.85. The Morgan fingerprint density at radius 2 is 1.00 bits per heavy atom. The molecule has 0 aliphatic heterocycles. The number of hydrogen-bond donors (Lipinski definition) is 2. The van der Waals surface area contributed by atoms with Gasteiger partial charge in [0.25, 0.3) is 0 Å². The lowest BCUT2D eigenvalue weighted by atomic mass is 10.1. The normalized spacial score (nSPS) is 12.2. The van der Waals surface area contributed by atoms with Gasteiger partial charge in [0.1, 0.15) is 0 Å². The summed E-state index contributed by atoms with van der Waals surface area (Å²) >= 11 is 0. The zero-order chi connectivity index (χ0) is 29.1. The van der Waals surface area contributed by atoms with Gasteiger partial charge in [-0.05, 0) is 44.3 Å². The van der Waals surface area contributed by atoms with E-state index in [0.717, 1.165) is 78.4 Å². The van der Waals surface area contributed by atoms with Crippen LogP contribution in [0.5, 0.6) is 0 Å². The number of nitrogens with zero attached hydrogens (tertiary/aromatic N) is 3. The standard InChI is InChI=1S/C30H58N5O3/c1-9-28(36)18-12-15-24-33(3,4)22-13-11-14-23-34(5,6)25-17-21-32-30(38)19-27-35(7,8)26-16-20-31-29(37)10-2/h9-10H,1-2,11-27H2,3-8H3/q+1/p+2. The van der Waals surface area contributed by atoms with Crippen LogP contribution in [0.4, 0.5) is 0 Å². The van der Waals surface area contributed by atoms with Crippen LogP contribution in [-0.2, 0) is 14.4 Å². The first-order chi connectivity index (χ1) is 17.7. The third-order valence-electron chi connectivity index (χ3n) is 7.32. The van der Waals surface area contributed by atoms with Crippen LogP contribution in [0.3, 0.4) is 0 Å². The molecule has 0 atom stereocenters. The number of ketones is 1. The fourth-order valence-electron chi connectivity index (χ4n) is 4.55. The molecule has 0 aromatic rings. The summed E-state index contributed by atoms with van der Waals surface area (Å²) in [6.45, 7) is 14.5. The van der Waals surface area contributed by atoms with Gasteiger partial charge in [-0.1, -0.05) is 13.2 Å². The molecular weight excluding hydrogens is 478 g/mol. The Bertz CT molecular complexity index is 731. The lowest BCUT2D eigenvalue weighted by Crippen LogP contribution is -2.45. The minimum absolute atomic E-state index is 0.120. The Morgan fingerprint density at radius 3 is 1.50 bits per heavy atom. The maximum Gasteiger partial charge on any atom is 0.243 e. The van der Waals surface area contributed by atoms with Gasteiger partial charge >= 0.3 is 0 Å². The number of carbonyl (C=O) groups excluding carboxylic acids is 3. The van der Waals surface area contributed by atoms with Crippen LogP contribution in [0.1, 0.15) is 57.8 Å². The Kier molecular flexibility index (Phi) is 18.1. The van der Waals surface area contributed by atoms with Crippen molar-refractivity contribution < 1.29 is 27.8 Å². The second-order valence-corrected chi connectivity index (χ2v) is 12.6. The zero-order valence-electron chi connectivity index (χ0n) is 25.7. The van der Waals surface area contributed by atoms with E-state index in [1.165, 1.54) is 38.0 Å². The van der Waals surface area contributed by atoms with Crippen molar-refractivity contribution in [3.63, 3.8) is 0 Å². The molecular formula is C30H60N5O3+3. The van der Waals surface area contributed by atoms with Crippen LogP contribution in [-0.4, -0.2) is 126 Å². The Morgan fingerprint density at radius 1 is 0.553 bits per heavy atom. The Balaban J connectivity index is 3.93. The molecule has 8 nitrogen and oxygen atoms in total. The first kappa shape index (κ1) is 36.0. The van der Waals surface area contributed by atoms with Crippen molar-refractivity contribution in [3.8, 4) is 0 Å². The molecule has 220 valence electrons. The number of amides is 2. The van der Waals surface area contributed by atoms with Crippen molar-refractivity contribution in [2.24, 2.45) is 0 Å². The number of quaternary nitrogens is 3. The number of hydrogen-bond acceptors (Lipinski definition) is 3. The molecule has 0 radical (unpaired) electrons. The second-order valence-electron chi connectivity index (χ2n) is 12.6. The van der Waals surface area contributed by atoms with Crippen LogP contribution in [0.2, 0.25) is 0 Å². The molecule has 2 N–H and O–H groups in total. The van der Waals surface area contributed by atoms with Crippen LogP contribution < -0.4 is 10.6 Å². The zero-order valence-corrected chi connectivity index (χ0v) is 25.7. The Hall–Kier alpha value is -2.03. The van der Waals surface area contributed by atoms with Crippen molar-refractivity contribution in [2.75, 3.05) is 94.6 Å². The molecule has 0 aliphatic rings. The van der Waals surface area contributed by atoms with Crippen LogP contribution in [0.25, 0.3) is 0 Å². The summed E-state index contributed by atoms with van der Waals surface area (Å²) in [5, 5.41) is 5.88. The van der Waals surface area contributed by atoms with Gasteiger partial charge in [-0.2, -0.15) is 0 Å². The molecule has 2 amide bonds. The van der Waals surface area contributed by atoms with Gasteiger partial charge in [0.15, 0.2) is 5.78 Å². The molecule has 38 heavy (non-hydrogen) atoms. The van der Waals surface area contributed by atoms with Crippen LogP contribution >= 0.6 is 0 Å². The molecule has 0 spiro atoms. The van der Waals surface area contributed by atoms with E-state index in [4.69, 9.17) is 0 Å². The highest BCUT2D eigenvalue weighted by atomic mass is 16.2. The number of unbranched alkanes of at least 4 members (excludes halogenated alkanes) is 3. The topological polar surface area (TPSA) is 75.3 Å². The molecule has 0 saturated heterocycles. The fourth-order valence-corrected chi connectivity index (χ4v) is 4.55. The van der Waals surface area contributed by atoms with Crippen molar-refractivity contribution in [3.05, 3.63) is 25.3 Å². The van der Waals surface area contributed by atoms with Gasteiger partial charge in [0.2, 0.25) is 11.8 Å². The van der Waals surface area contributed by atoms with Crippen LogP contribution in [0, 0.1) is 0 Å². The number of nitrogens with one attached hydrogen (secondary N) is 2. The predicted molar refractivity (Wildman–Crippen MR) is 159 cm³/mol. The molecule has 0 fully saturated rings. The van der Waals surface area contributed by atoms with E-state index < -0.39 is 0 Å². The summed E-state index contributed by atoms with van der Waals surface area (Å²) in [6, 6.07) is 0. The van der Waals surface area contributed by atoms with Crippen molar-refractivity contribution >= 4 is 17.6 Å². The quantitative estimate of drug-likeness (QED) is 0.113. The minimum Gasteiger partial charge on any atom is -0.356 e. The smallest absolute Gasteiger partial charge is 0.243 e. The van der Waals surface area contributed by atoms with Crippen molar-refractivity contribution in [1.82, 2.24) is 10.6 Å². The van der Waals surface area contributed by atoms with E-state index in [-0.39, 0.29) is 17.6 Å². The largest absolute Gasteiger partial charge is 0.356 e. The summed E-state index contributed by atoms with van der Waals surface area (Å²) in [5.41, 5.74) is 0. The first-order valence-electron chi connectivity index (χ1n) is 14.5. The van der Waals surface area contributed by atoms with Gasteiger partial charge in [0.05, 0.1) is 88.0 Å². The molecule has 0 rings (SSSR count). The third-order valence-corrected chi connectivity index (χ3v) is 7.32. The summed E-state index contributed by atoms with van der Waals surface area (Å²) in [5.74, 6) is 0.129. The van der Waals surface area contributed by atoms with E-state index in [1.54, 1.807) is 0 Å². The number of carbonyl (C=O) groups is 3. The van der Waals surface area contributed by atoms with E-state index >= 15 is 0 Å². The third kappa shape index (κ3) is 21.0. The molecule has 0 aromatic heterocycles. The number of rotatable bonds is 24.